The van der Waals surface area contributed by atoms with E-state index in [9.17, 15) is 22.8 Å². The molecule has 1 saturated heterocycles. The Morgan fingerprint density at radius 2 is 2.03 bits per heavy atom. The quantitative estimate of drug-likeness (QED) is 0.566. The van der Waals surface area contributed by atoms with Crippen LogP contribution in [0.25, 0.3) is 0 Å². The third kappa shape index (κ3) is 3.19. The molecular formula is C21H27N3O5S. The minimum absolute atomic E-state index is 0.0134. The van der Waals surface area contributed by atoms with Gasteiger partial charge in [-0.1, -0.05) is 19.8 Å². The van der Waals surface area contributed by atoms with Gasteiger partial charge in [-0.2, -0.15) is 0 Å². The summed E-state index contributed by atoms with van der Waals surface area (Å²) in [6.07, 6.45) is 3.91. The third-order valence-electron chi connectivity index (χ3n) is 6.76. The highest BCUT2D eigenvalue weighted by Crippen LogP contribution is 2.38. The summed E-state index contributed by atoms with van der Waals surface area (Å²) in [6, 6.07) is 4.38. The number of ketones is 1. The smallest absolute Gasteiger partial charge is 0.323 e. The van der Waals surface area contributed by atoms with Crippen LogP contribution in [0.1, 0.15) is 55.5 Å². The molecule has 162 valence electrons. The van der Waals surface area contributed by atoms with Crippen LogP contribution in [0.5, 0.6) is 0 Å². The summed E-state index contributed by atoms with van der Waals surface area (Å²) in [5.74, 6) is -0.596. The van der Waals surface area contributed by atoms with Crippen molar-refractivity contribution in [2.24, 2.45) is 5.92 Å². The number of amides is 3. The lowest BCUT2D eigenvalue weighted by Crippen LogP contribution is -2.54. The van der Waals surface area contributed by atoms with Gasteiger partial charge in [-0.15, -0.1) is 0 Å². The van der Waals surface area contributed by atoms with Gasteiger partial charge in [0.15, 0.2) is 5.78 Å². The first-order valence-corrected chi connectivity index (χ1v) is 12.1. The standard InChI is InChI=1S/C21H27N3O5S/c1-3-30(28,29)24-11-9-15-12-16(7-8-17(15)24)18(25)13-23-19(26)21(22-20(23)27)10-5-4-6-14(21)2/h7-8,12,14H,3-6,9-11,13H2,1-2H3,(H,22,27)/t14-,21+/m1/s1. The first-order chi connectivity index (χ1) is 14.2. The van der Waals surface area contributed by atoms with Crippen LogP contribution in [0.15, 0.2) is 18.2 Å². The van der Waals surface area contributed by atoms with E-state index in [0.717, 1.165) is 29.7 Å². The Hall–Kier alpha value is -2.42. The molecule has 2 heterocycles. The molecular weight excluding hydrogens is 406 g/mol. The van der Waals surface area contributed by atoms with E-state index in [1.807, 2.05) is 6.92 Å². The van der Waals surface area contributed by atoms with Crippen molar-refractivity contribution in [3.05, 3.63) is 29.3 Å². The molecule has 1 N–H and O–H groups in total. The van der Waals surface area contributed by atoms with Gasteiger partial charge in [-0.05, 0) is 55.9 Å². The van der Waals surface area contributed by atoms with Crippen molar-refractivity contribution in [3.63, 3.8) is 0 Å². The zero-order chi connectivity index (χ0) is 21.7. The highest BCUT2D eigenvalue weighted by Gasteiger charge is 2.55. The molecule has 2 atom stereocenters. The minimum Gasteiger partial charge on any atom is -0.323 e. The van der Waals surface area contributed by atoms with Gasteiger partial charge < -0.3 is 5.32 Å². The van der Waals surface area contributed by atoms with E-state index in [1.165, 1.54) is 4.31 Å². The number of hydrogen-bond donors (Lipinski definition) is 1. The average Bonchev–Trinajstić information content (AvgIpc) is 3.25. The summed E-state index contributed by atoms with van der Waals surface area (Å²) < 4.78 is 25.8. The maximum Gasteiger partial charge on any atom is 0.325 e. The number of anilines is 1. The number of carbonyl (C=O) groups excluding carboxylic acids is 3. The van der Waals surface area contributed by atoms with E-state index in [-0.39, 0.29) is 29.9 Å². The van der Waals surface area contributed by atoms with Crippen molar-refractivity contribution < 1.29 is 22.8 Å². The molecule has 1 spiro atoms. The van der Waals surface area contributed by atoms with Crippen molar-refractivity contribution in [1.82, 2.24) is 10.2 Å². The molecule has 3 aliphatic rings. The second-order valence-corrected chi connectivity index (χ2v) is 10.6. The van der Waals surface area contributed by atoms with Gasteiger partial charge in [-0.3, -0.25) is 18.8 Å². The van der Waals surface area contributed by atoms with Gasteiger partial charge in [0.1, 0.15) is 5.54 Å². The van der Waals surface area contributed by atoms with Crippen LogP contribution in [0.3, 0.4) is 0 Å². The Balaban J connectivity index is 1.53. The van der Waals surface area contributed by atoms with E-state index >= 15 is 0 Å². The molecule has 9 heteroatoms. The Bertz CT molecular complexity index is 1020. The number of Topliss-reactive ketones (excluding diaryl/α,β-unsaturated/α-hetero) is 1. The maximum absolute atomic E-state index is 13.1. The molecule has 0 radical (unpaired) electrons. The van der Waals surface area contributed by atoms with Crippen molar-refractivity contribution in [2.45, 2.75) is 51.5 Å². The van der Waals surface area contributed by atoms with E-state index < -0.39 is 21.6 Å². The van der Waals surface area contributed by atoms with E-state index in [4.69, 9.17) is 0 Å². The van der Waals surface area contributed by atoms with Gasteiger partial charge in [-0.25, -0.2) is 13.2 Å². The van der Waals surface area contributed by atoms with Crippen molar-refractivity contribution >= 4 is 33.4 Å². The van der Waals surface area contributed by atoms with Crippen LogP contribution in [0.4, 0.5) is 10.5 Å². The molecule has 1 saturated carbocycles. The number of rotatable bonds is 5. The zero-order valence-electron chi connectivity index (χ0n) is 17.3. The van der Waals surface area contributed by atoms with Gasteiger partial charge in [0.05, 0.1) is 18.0 Å². The predicted octanol–water partition coefficient (Wildman–Crippen LogP) is 2.08. The number of hydrogen-bond acceptors (Lipinski definition) is 5. The van der Waals surface area contributed by atoms with Gasteiger partial charge >= 0.3 is 6.03 Å². The molecule has 1 aromatic carbocycles. The van der Waals surface area contributed by atoms with Crippen LogP contribution >= 0.6 is 0 Å². The van der Waals surface area contributed by atoms with Crippen LogP contribution in [0, 0.1) is 5.92 Å². The Morgan fingerprint density at radius 1 is 1.27 bits per heavy atom. The lowest BCUT2D eigenvalue weighted by molar-refractivity contribution is -0.133. The molecule has 0 bridgehead atoms. The van der Waals surface area contributed by atoms with Gasteiger partial charge in [0.25, 0.3) is 5.91 Å². The number of nitrogens with one attached hydrogen (secondary N) is 1. The van der Waals surface area contributed by atoms with Crippen LogP contribution in [-0.2, 0) is 21.2 Å². The van der Waals surface area contributed by atoms with Crippen molar-refractivity contribution in [1.29, 1.82) is 0 Å². The van der Waals surface area contributed by atoms with E-state index in [2.05, 4.69) is 5.32 Å². The van der Waals surface area contributed by atoms with Crippen molar-refractivity contribution in [2.75, 3.05) is 23.1 Å². The highest BCUT2D eigenvalue weighted by molar-refractivity contribution is 7.92. The van der Waals surface area contributed by atoms with Crippen LogP contribution < -0.4 is 9.62 Å². The highest BCUT2D eigenvalue weighted by atomic mass is 32.2. The number of urea groups is 1. The Kier molecular flexibility index (Phi) is 5.12. The number of fused-ring (bicyclic) bond motifs is 1. The number of nitrogens with zero attached hydrogens (tertiary/aromatic N) is 2. The zero-order valence-corrected chi connectivity index (χ0v) is 18.1. The average molecular weight is 434 g/mol. The predicted molar refractivity (Wildman–Crippen MR) is 112 cm³/mol. The fourth-order valence-electron chi connectivity index (χ4n) is 4.86. The third-order valence-corrected chi connectivity index (χ3v) is 8.54. The Labute approximate surface area is 176 Å². The topological polar surface area (TPSA) is 104 Å². The van der Waals surface area contributed by atoms with Crippen molar-refractivity contribution in [3.8, 4) is 0 Å². The summed E-state index contributed by atoms with van der Waals surface area (Å²) in [4.78, 5) is 39.5. The maximum atomic E-state index is 13.1. The number of carbonyl (C=O) groups is 3. The summed E-state index contributed by atoms with van der Waals surface area (Å²) in [7, 11) is -3.36. The monoisotopic (exact) mass is 433 g/mol. The second kappa shape index (κ2) is 7.37. The van der Waals surface area contributed by atoms with Gasteiger partial charge in [0, 0.05) is 12.1 Å². The summed E-state index contributed by atoms with van der Waals surface area (Å²) in [6.45, 7) is 3.62. The minimum atomic E-state index is -3.36. The SMILES string of the molecule is CCS(=O)(=O)N1CCc2cc(C(=O)CN3C(=O)N[C@]4(CCCC[C@H]4C)C3=O)ccc21. The molecule has 30 heavy (non-hydrogen) atoms. The summed E-state index contributed by atoms with van der Waals surface area (Å²) in [5.41, 5.74) is 0.872. The molecule has 2 fully saturated rings. The first kappa shape index (κ1) is 20.8. The number of benzene rings is 1. The fourth-order valence-corrected chi connectivity index (χ4v) is 6.02. The first-order valence-electron chi connectivity index (χ1n) is 10.5. The van der Waals surface area contributed by atoms with E-state index in [0.29, 0.717) is 30.6 Å². The number of sulfonamides is 1. The molecule has 0 unspecified atom stereocenters. The van der Waals surface area contributed by atoms with Crippen LogP contribution in [0.2, 0.25) is 0 Å². The molecule has 3 amide bonds. The summed E-state index contributed by atoms with van der Waals surface area (Å²) in [5, 5.41) is 2.86. The lowest BCUT2D eigenvalue weighted by atomic mass is 9.73. The van der Waals surface area contributed by atoms with Crippen LogP contribution in [-0.4, -0.2) is 55.4 Å². The molecule has 4 rings (SSSR count). The molecule has 1 aromatic rings. The molecule has 0 aromatic heterocycles. The normalized spacial score (nSPS) is 26.3. The second-order valence-electron chi connectivity index (χ2n) is 8.43. The van der Waals surface area contributed by atoms with Gasteiger partial charge in [0.2, 0.25) is 10.0 Å². The largest absolute Gasteiger partial charge is 0.325 e. The number of imide groups is 1. The lowest BCUT2D eigenvalue weighted by Gasteiger charge is -2.36. The molecule has 8 nitrogen and oxygen atoms in total. The fraction of sp³-hybridized carbons (Fsp3) is 0.571. The summed E-state index contributed by atoms with van der Waals surface area (Å²) >= 11 is 0. The molecule has 2 aliphatic heterocycles. The van der Waals surface area contributed by atoms with E-state index in [1.54, 1.807) is 25.1 Å². The Morgan fingerprint density at radius 3 is 2.73 bits per heavy atom. The molecule has 1 aliphatic carbocycles.